The summed E-state index contributed by atoms with van der Waals surface area (Å²) < 4.78 is 37.5. The lowest BCUT2D eigenvalue weighted by Gasteiger charge is -2.11. The van der Waals surface area contributed by atoms with E-state index in [9.17, 15) is 23.1 Å². The molecule has 0 saturated carbocycles. The fraction of sp³-hybridized carbons (Fsp3) is 0.118. The van der Waals surface area contributed by atoms with Gasteiger partial charge in [0.2, 0.25) is 0 Å². The number of halogens is 3. The number of benzene rings is 2. The lowest BCUT2D eigenvalue weighted by molar-refractivity contribution is 0.0582. The molecule has 0 fully saturated rings. The molecule has 14 nitrogen and oxygen atoms in total. The van der Waals surface area contributed by atoms with Crippen LogP contribution in [0.5, 0.6) is 11.5 Å². The summed E-state index contributed by atoms with van der Waals surface area (Å²) in [5, 5.41) is 11.2. The van der Waals surface area contributed by atoms with Gasteiger partial charge in [0.25, 0.3) is 9.05 Å². The minimum atomic E-state index is -3.55. The quantitative estimate of drug-likeness (QED) is 0.0721. The first-order valence-electron chi connectivity index (χ1n) is 14.6. The van der Waals surface area contributed by atoms with E-state index in [0.717, 1.165) is 33.5 Å². The van der Waals surface area contributed by atoms with Crippen LogP contribution < -0.4 is 4.18 Å². The van der Waals surface area contributed by atoms with Crippen LogP contribution >= 0.6 is 54.6 Å². The largest absolute Gasteiger partial charge is 0.504 e. The van der Waals surface area contributed by atoms with Gasteiger partial charge in [-0.25, -0.2) is 28.0 Å². The van der Waals surface area contributed by atoms with Gasteiger partial charge >= 0.3 is 11.9 Å². The molecule has 0 bridgehead atoms. The van der Waals surface area contributed by atoms with Gasteiger partial charge in [-0.15, -0.1) is 0 Å². The first kappa shape index (κ1) is 42.7. The van der Waals surface area contributed by atoms with Crippen molar-refractivity contribution in [3.05, 3.63) is 127 Å². The molecule has 6 aromatic rings. The second-order valence-corrected chi connectivity index (χ2v) is 15.1. The van der Waals surface area contributed by atoms with Crippen molar-refractivity contribution in [1.29, 1.82) is 0 Å². The smallest absolute Gasteiger partial charge is 0.360 e. The number of esters is 2. The molecule has 1 N–H and O–H groups in total. The highest BCUT2D eigenvalue weighted by molar-refractivity contribution is 9.10. The lowest BCUT2D eigenvalue weighted by atomic mass is 10.2. The molecule has 0 aliphatic carbocycles. The Kier molecular flexibility index (Phi) is 16.0. The number of ether oxygens (including phenoxy) is 2. The SMILES string of the molecule is COC(=O)c1nc(Br)c2cccnc2c1O.COC(=O)c1nc(Br)c2cccnc2c1OSc1ccc(C)cc1.Cc1ccc(S(=O)(=O)Cl)cc1.O=O. The van der Waals surface area contributed by atoms with Gasteiger partial charge in [0.05, 0.1) is 31.2 Å². The van der Waals surface area contributed by atoms with Crippen LogP contribution in [0.25, 0.3) is 21.8 Å². The van der Waals surface area contributed by atoms with Gasteiger partial charge < -0.3 is 18.8 Å². The summed E-state index contributed by atoms with van der Waals surface area (Å²) >= 11 is 7.71. The highest BCUT2D eigenvalue weighted by atomic mass is 79.9. The molecule has 4 heterocycles. The van der Waals surface area contributed by atoms with Crippen molar-refractivity contribution in [2.75, 3.05) is 14.2 Å². The number of methoxy groups -OCH3 is 2. The number of nitrogens with zero attached hydrogens (tertiary/aromatic N) is 4. The highest BCUT2D eigenvalue weighted by Crippen LogP contribution is 2.35. The number of carbonyl (C=O) groups is 2. The van der Waals surface area contributed by atoms with E-state index < -0.39 is 21.0 Å². The molecule has 0 saturated heterocycles. The Labute approximate surface area is 328 Å². The van der Waals surface area contributed by atoms with Gasteiger partial charge in [0.15, 0.2) is 22.9 Å². The Hall–Kier alpha value is -4.75. The normalized spacial score (nSPS) is 10.4. The van der Waals surface area contributed by atoms with Crippen LogP contribution in [0, 0.1) is 23.8 Å². The molecule has 0 spiro atoms. The number of aromatic hydroxyl groups is 1. The molecule has 19 heteroatoms. The fourth-order valence-corrected chi connectivity index (χ4v) is 6.44. The van der Waals surface area contributed by atoms with Gasteiger partial charge in [-0.3, -0.25) is 9.97 Å². The summed E-state index contributed by atoms with van der Waals surface area (Å²) in [5.74, 6) is -1.27. The van der Waals surface area contributed by atoms with Crippen LogP contribution in [-0.2, 0) is 18.5 Å². The zero-order valence-corrected chi connectivity index (χ0v) is 33.5. The summed E-state index contributed by atoms with van der Waals surface area (Å²) in [7, 11) is 4.06. The first-order chi connectivity index (χ1) is 25.2. The number of carbonyl (C=O) groups excluding carboxylic acids is 2. The molecule has 6 rings (SSSR count). The number of hydrogen-bond acceptors (Lipinski definition) is 15. The Morgan fingerprint density at radius 1 is 0.736 bits per heavy atom. The minimum absolute atomic E-state index is 0.0789. The highest BCUT2D eigenvalue weighted by Gasteiger charge is 2.23. The number of aryl methyl sites for hydroxylation is 2. The molecular weight excluding hydrogens is 884 g/mol. The molecule has 0 aliphatic heterocycles. The second kappa shape index (κ2) is 19.9. The number of rotatable bonds is 6. The maximum Gasteiger partial charge on any atom is 0.360 e. The molecule has 53 heavy (non-hydrogen) atoms. The van der Waals surface area contributed by atoms with Crippen molar-refractivity contribution < 1.29 is 36.8 Å². The van der Waals surface area contributed by atoms with E-state index >= 15 is 0 Å². The van der Waals surface area contributed by atoms with Crippen molar-refractivity contribution in [2.24, 2.45) is 0 Å². The van der Waals surface area contributed by atoms with Gasteiger partial charge in [0.1, 0.15) is 20.2 Å². The van der Waals surface area contributed by atoms with Crippen molar-refractivity contribution in [2.45, 2.75) is 23.6 Å². The van der Waals surface area contributed by atoms with Crippen LogP contribution in [0.2, 0.25) is 0 Å². The molecular formula is C34H27Br2ClN4O10S2. The van der Waals surface area contributed by atoms with Crippen LogP contribution in [0.3, 0.4) is 0 Å². The van der Waals surface area contributed by atoms with E-state index in [1.54, 1.807) is 36.5 Å². The topological polar surface area (TPSA) is 202 Å². The lowest BCUT2D eigenvalue weighted by Crippen LogP contribution is -2.08. The Bertz CT molecular complexity index is 2340. The maximum atomic E-state index is 12.1. The second-order valence-electron chi connectivity index (χ2n) is 10.2. The molecule has 0 atom stereocenters. The number of aromatic nitrogens is 4. The number of hydrogen-bond donors (Lipinski definition) is 1. The van der Waals surface area contributed by atoms with Gasteiger partial charge in [-0.1, -0.05) is 35.4 Å². The number of pyridine rings is 4. The van der Waals surface area contributed by atoms with Crippen molar-refractivity contribution in [3.8, 4) is 11.5 Å². The van der Waals surface area contributed by atoms with E-state index in [-0.39, 0.29) is 27.8 Å². The maximum absolute atomic E-state index is 12.1. The zero-order chi connectivity index (χ0) is 39.3. The molecule has 2 aromatic carbocycles. The molecule has 0 unspecified atom stereocenters. The van der Waals surface area contributed by atoms with Crippen LogP contribution in [0.4, 0.5) is 0 Å². The average Bonchev–Trinajstić information content (AvgIpc) is 3.17. The van der Waals surface area contributed by atoms with E-state index in [1.807, 2.05) is 44.2 Å². The van der Waals surface area contributed by atoms with Crippen LogP contribution in [-0.4, -0.2) is 59.6 Å². The van der Waals surface area contributed by atoms with E-state index in [1.165, 1.54) is 32.5 Å². The summed E-state index contributed by atoms with van der Waals surface area (Å²) in [6.45, 7) is 3.89. The first-order valence-corrected chi connectivity index (χ1v) is 19.2. The Morgan fingerprint density at radius 3 is 1.70 bits per heavy atom. The van der Waals surface area contributed by atoms with Crippen molar-refractivity contribution in [3.63, 3.8) is 0 Å². The Morgan fingerprint density at radius 2 is 1.19 bits per heavy atom. The van der Waals surface area contributed by atoms with Crippen LogP contribution in [0.1, 0.15) is 32.1 Å². The monoisotopic (exact) mass is 908 g/mol. The third-order valence-corrected chi connectivity index (χ3v) is 9.95. The fourth-order valence-electron chi connectivity index (χ4n) is 4.10. The molecule has 0 radical (unpaired) electrons. The average molecular weight is 911 g/mol. The predicted molar refractivity (Wildman–Crippen MR) is 207 cm³/mol. The zero-order valence-electron chi connectivity index (χ0n) is 27.9. The van der Waals surface area contributed by atoms with Crippen LogP contribution in [0.15, 0.2) is 104 Å². The summed E-state index contributed by atoms with van der Waals surface area (Å²) in [5.41, 5.74) is 2.95. The third-order valence-electron chi connectivity index (χ3n) is 6.66. The van der Waals surface area contributed by atoms with E-state index in [2.05, 4.69) is 56.5 Å². The summed E-state index contributed by atoms with van der Waals surface area (Å²) in [4.78, 5) is 55.0. The van der Waals surface area contributed by atoms with Gasteiger partial charge in [-0.05, 0) is 94.2 Å². The minimum Gasteiger partial charge on any atom is -0.504 e. The summed E-state index contributed by atoms with van der Waals surface area (Å²) in [6.07, 6.45) is 3.16. The standard InChI is InChI=1S/C17H13BrN2O3S.C10H7BrN2O3.C7H7ClO2S.O2/c1-10-5-7-11(8-6-10)24-23-15-13-12(4-3-9-19-13)16(18)20-14(15)17(21)22-2;1-16-10(15)7-8(14)6-5(9(11)13-7)3-2-4-12-6;1-6-2-4-7(5-3-6)11(8,9)10;1-2/h3-9H,1-2H3;2-4,14H,1H3;2-5H,1H3;. The van der Waals surface area contributed by atoms with Crippen molar-refractivity contribution >= 4 is 97.4 Å². The molecule has 0 amide bonds. The van der Waals surface area contributed by atoms with E-state index in [4.69, 9.17) is 29.5 Å². The van der Waals surface area contributed by atoms with Crippen molar-refractivity contribution in [1.82, 2.24) is 19.9 Å². The number of fused-ring (bicyclic) bond motifs is 2. The van der Waals surface area contributed by atoms with Gasteiger partial charge in [-0.2, -0.15) is 0 Å². The Balaban J connectivity index is 0.000000225. The van der Waals surface area contributed by atoms with E-state index in [0.29, 0.717) is 25.6 Å². The van der Waals surface area contributed by atoms with Gasteiger partial charge in [0, 0.05) is 48.7 Å². The molecule has 276 valence electrons. The molecule has 0 aliphatic rings. The predicted octanol–water partition coefficient (Wildman–Crippen LogP) is 8.45. The summed E-state index contributed by atoms with van der Waals surface area (Å²) in [6, 6.07) is 21.3. The third kappa shape index (κ3) is 11.4. The molecule has 4 aromatic heterocycles.